The van der Waals surface area contributed by atoms with Gasteiger partial charge in [-0.1, -0.05) is 71.7 Å². The number of fused-ring (bicyclic) bond motifs is 3. The largest absolute Gasteiger partial charge is 0.501 e. The SMILES string of the molecule is Cc1ccc(-c2[c-]cccc2)nc1.Cc1ccnc(-c2[c-]ccc3c2oc2ccc([Si](C)(C)C)cc23)c1.[Ir]. The predicted octanol–water partition coefficient (Wildman–Crippen LogP) is 8.16. The van der Waals surface area contributed by atoms with Crippen molar-refractivity contribution >= 4 is 35.2 Å². The van der Waals surface area contributed by atoms with Crippen LogP contribution in [0.3, 0.4) is 0 Å². The standard InChI is InChI=1S/C21H20NOSi.C12H10N.Ir/c1-14-10-11-22-19(12-14)17-7-5-6-16-18-13-15(24(2,3)4)8-9-20(18)23-21(16)17;1-10-7-8-12(13-9-10)11-5-3-2-4-6-11;/h5-6,8-13H,1-4H3;2-5,7-9H,1H3;/q2*-1;. The second-order valence-electron chi connectivity index (χ2n) is 10.4. The number of benzene rings is 3. The van der Waals surface area contributed by atoms with Crippen LogP contribution in [0.25, 0.3) is 44.5 Å². The Labute approximate surface area is 239 Å². The van der Waals surface area contributed by atoms with Gasteiger partial charge in [-0.2, -0.15) is 0 Å². The molecule has 0 unspecified atom stereocenters. The van der Waals surface area contributed by atoms with E-state index in [1.54, 1.807) is 0 Å². The summed E-state index contributed by atoms with van der Waals surface area (Å²) in [7, 11) is -1.36. The van der Waals surface area contributed by atoms with Crippen LogP contribution < -0.4 is 5.19 Å². The van der Waals surface area contributed by atoms with Crippen molar-refractivity contribution in [2.45, 2.75) is 33.5 Å². The summed E-state index contributed by atoms with van der Waals surface area (Å²) in [6, 6.07) is 33.2. The molecule has 0 N–H and O–H groups in total. The zero-order chi connectivity index (χ0) is 26.0. The quantitative estimate of drug-likeness (QED) is 0.139. The van der Waals surface area contributed by atoms with Gasteiger partial charge < -0.3 is 14.4 Å². The van der Waals surface area contributed by atoms with Crippen molar-refractivity contribution in [3.63, 3.8) is 0 Å². The molecule has 3 aromatic heterocycles. The molecule has 0 bridgehead atoms. The van der Waals surface area contributed by atoms with Crippen LogP contribution in [0, 0.1) is 26.0 Å². The normalized spacial score (nSPS) is 11.1. The average Bonchev–Trinajstić information content (AvgIpc) is 3.28. The predicted molar refractivity (Wildman–Crippen MR) is 157 cm³/mol. The molecule has 38 heavy (non-hydrogen) atoms. The number of nitrogens with zero attached hydrogens (tertiary/aromatic N) is 2. The maximum absolute atomic E-state index is 6.19. The van der Waals surface area contributed by atoms with E-state index in [2.05, 4.69) is 85.1 Å². The van der Waals surface area contributed by atoms with Crippen molar-refractivity contribution in [1.29, 1.82) is 0 Å². The Balaban J connectivity index is 0.000000204. The van der Waals surface area contributed by atoms with Gasteiger partial charge in [-0.15, -0.1) is 54.1 Å². The van der Waals surface area contributed by atoms with Crippen LogP contribution >= 0.6 is 0 Å². The van der Waals surface area contributed by atoms with Gasteiger partial charge >= 0.3 is 0 Å². The van der Waals surface area contributed by atoms with Crippen LogP contribution in [0.2, 0.25) is 19.6 Å². The van der Waals surface area contributed by atoms with E-state index in [1.807, 2.05) is 61.8 Å². The number of hydrogen-bond acceptors (Lipinski definition) is 3. The summed E-state index contributed by atoms with van der Waals surface area (Å²) in [6.07, 6.45) is 3.71. The fourth-order valence-electron chi connectivity index (χ4n) is 4.25. The average molecular weight is 691 g/mol. The Bertz CT molecular complexity index is 1670. The molecule has 5 heteroatoms. The molecule has 6 aromatic rings. The molecule has 3 nitrogen and oxygen atoms in total. The molecule has 0 amide bonds. The van der Waals surface area contributed by atoms with Crippen LogP contribution in [0.5, 0.6) is 0 Å². The minimum atomic E-state index is -1.36. The van der Waals surface area contributed by atoms with E-state index in [9.17, 15) is 0 Å². The number of hydrogen-bond donors (Lipinski definition) is 0. The van der Waals surface area contributed by atoms with Gasteiger partial charge in [0.15, 0.2) is 0 Å². The van der Waals surface area contributed by atoms with Crippen molar-refractivity contribution in [3.8, 4) is 22.5 Å². The van der Waals surface area contributed by atoms with Crippen LogP contribution in [-0.2, 0) is 20.1 Å². The van der Waals surface area contributed by atoms with Crippen molar-refractivity contribution in [2.75, 3.05) is 0 Å². The van der Waals surface area contributed by atoms with Gasteiger partial charge in [0.2, 0.25) is 0 Å². The van der Waals surface area contributed by atoms with E-state index in [1.165, 1.54) is 21.7 Å². The van der Waals surface area contributed by atoms with Crippen molar-refractivity contribution in [1.82, 2.24) is 9.97 Å². The molecule has 0 atom stereocenters. The minimum Gasteiger partial charge on any atom is -0.501 e. The van der Waals surface area contributed by atoms with E-state index < -0.39 is 8.07 Å². The molecule has 0 saturated carbocycles. The second-order valence-corrected chi connectivity index (χ2v) is 15.5. The number of rotatable bonds is 3. The van der Waals surface area contributed by atoms with Gasteiger partial charge in [0.25, 0.3) is 0 Å². The van der Waals surface area contributed by atoms with E-state index in [0.717, 1.165) is 39.1 Å². The molecule has 0 aliphatic rings. The van der Waals surface area contributed by atoms with E-state index in [4.69, 9.17) is 4.42 Å². The van der Waals surface area contributed by atoms with Crippen molar-refractivity contribution in [3.05, 3.63) is 115 Å². The first-order valence-electron chi connectivity index (χ1n) is 12.5. The van der Waals surface area contributed by atoms with Crippen LogP contribution in [0.4, 0.5) is 0 Å². The van der Waals surface area contributed by atoms with Gasteiger partial charge in [-0.25, -0.2) is 0 Å². The van der Waals surface area contributed by atoms with Crippen molar-refractivity contribution < 1.29 is 24.5 Å². The molecule has 3 aromatic carbocycles. The maximum Gasteiger partial charge on any atom is 0.120 e. The van der Waals surface area contributed by atoms with Gasteiger partial charge in [0.1, 0.15) is 5.58 Å². The number of aryl methyl sites for hydroxylation is 2. The van der Waals surface area contributed by atoms with E-state index in [-0.39, 0.29) is 20.1 Å². The van der Waals surface area contributed by atoms with Gasteiger partial charge in [0.05, 0.1) is 13.7 Å². The summed E-state index contributed by atoms with van der Waals surface area (Å²) in [4.78, 5) is 8.82. The second kappa shape index (κ2) is 11.6. The third-order valence-corrected chi connectivity index (χ3v) is 8.41. The third-order valence-electron chi connectivity index (χ3n) is 6.37. The number of furan rings is 1. The molecular formula is C33H30IrN2OSi-2. The Hall–Kier alpha value is -3.37. The summed E-state index contributed by atoms with van der Waals surface area (Å²) >= 11 is 0. The van der Waals surface area contributed by atoms with Gasteiger partial charge in [0, 0.05) is 37.9 Å². The molecule has 0 spiro atoms. The topological polar surface area (TPSA) is 38.9 Å². The molecule has 0 saturated heterocycles. The molecule has 0 aliphatic carbocycles. The first kappa shape index (κ1) is 27.7. The summed E-state index contributed by atoms with van der Waals surface area (Å²) in [6.45, 7) is 11.2. The number of aromatic nitrogens is 2. The smallest absolute Gasteiger partial charge is 0.120 e. The summed E-state index contributed by atoms with van der Waals surface area (Å²) in [5.41, 5.74) is 8.03. The van der Waals surface area contributed by atoms with Crippen LogP contribution in [-0.4, -0.2) is 18.0 Å². The maximum atomic E-state index is 6.19. The van der Waals surface area contributed by atoms with Crippen LogP contribution in [0.15, 0.2) is 95.7 Å². The third kappa shape index (κ3) is 6.02. The van der Waals surface area contributed by atoms with Gasteiger partial charge in [-0.3, -0.25) is 0 Å². The zero-order valence-corrected chi connectivity index (χ0v) is 25.7. The Morgan fingerprint density at radius 1 is 0.737 bits per heavy atom. The fourth-order valence-corrected chi connectivity index (χ4v) is 5.41. The molecule has 6 rings (SSSR count). The Kier molecular flexibility index (Phi) is 8.42. The minimum absolute atomic E-state index is 0. The Morgan fingerprint density at radius 2 is 1.58 bits per heavy atom. The Morgan fingerprint density at radius 3 is 2.26 bits per heavy atom. The number of pyridine rings is 2. The van der Waals surface area contributed by atoms with Crippen molar-refractivity contribution in [2.24, 2.45) is 0 Å². The first-order valence-corrected chi connectivity index (χ1v) is 16.0. The molecule has 0 aliphatic heterocycles. The molecule has 193 valence electrons. The zero-order valence-electron chi connectivity index (χ0n) is 22.3. The fraction of sp³-hybridized carbons (Fsp3) is 0.152. The molecule has 0 fully saturated rings. The van der Waals surface area contributed by atoms with Crippen LogP contribution in [0.1, 0.15) is 11.1 Å². The van der Waals surface area contributed by atoms with E-state index >= 15 is 0 Å². The summed E-state index contributed by atoms with van der Waals surface area (Å²) < 4.78 is 6.19. The molecule has 1 radical (unpaired) electrons. The summed E-state index contributed by atoms with van der Waals surface area (Å²) in [5, 5.41) is 3.77. The molecule has 3 heterocycles. The van der Waals surface area contributed by atoms with E-state index in [0.29, 0.717) is 0 Å². The first-order chi connectivity index (χ1) is 17.8. The van der Waals surface area contributed by atoms with Gasteiger partial charge in [-0.05, 0) is 42.9 Å². The summed E-state index contributed by atoms with van der Waals surface area (Å²) in [5.74, 6) is 0. The molecular weight excluding hydrogens is 661 g/mol. The monoisotopic (exact) mass is 691 g/mol.